The molecule has 3 heteroatoms. The summed E-state index contributed by atoms with van der Waals surface area (Å²) in [5.41, 5.74) is 0. The number of likely N-dealkylation sites (N-methyl/N-ethyl adjacent to an activating group) is 1. The summed E-state index contributed by atoms with van der Waals surface area (Å²) >= 11 is 0. The third kappa shape index (κ3) is 3.09. The number of rotatable bonds is 6. The molecule has 0 aliphatic carbocycles. The molecule has 1 aliphatic rings. The predicted octanol–water partition coefficient (Wildman–Crippen LogP) is 0.317. The molecule has 1 N–H and O–H groups in total. The Morgan fingerprint density at radius 3 is 2.42 bits per heavy atom. The zero-order valence-corrected chi connectivity index (χ0v) is 8.18. The van der Waals surface area contributed by atoms with Crippen LogP contribution >= 0.6 is 0 Å². The Hall–Kier alpha value is -0.120. The smallest absolute Gasteiger partial charge is 0.0643 e. The largest absolute Gasteiger partial charge is 0.378 e. The minimum atomic E-state index is 0.626. The first-order valence-corrected chi connectivity index (χ1v) is 4.90. The van der Waals surface area contributed by atoms with Crippen LogP contribution in [0.5, 0.6) is 0 Å². The van der Waals surface area contributed by atoms with Crippen molar-refractivity contribution in [3.8, 4) is 0 Å². The molecule has 0 atom stereocenters. The van der Waals surface area contributed by atoms with E-state index in [4.69, 9.17) is 4.74 Å². The molecule has 0 spiro atoms. The van der Waals surface area contributed by atoms with Crippen LogP contribution < -0.4 is 5.32 Å². The summed E-state index contributed by atoms with van der Waals surface area (Å²) in [6.07, 6.45) is 0. The molecule has 12 heavy (non-hydrogen) atoms. The molecule has 0 aromatic heterocycles. The lowest BCUT2D eigenvalue weighted by atomic mass is 10.2. The molecular formula is C9H20N2O. The SMILES string of the molecule is CCN(CC)CCNC1COC1. The lowest BCUT2D eigenvalue weighted by molar-refractivity contribution is -0.00560. The van der Waals surface area contributed by atoms with E-state index in [9.17, 15) is 0 Å². The molecule has 0 aromatic carbocycles. The van der Waals surface area contributed by atoms with Crippen molar-refractivity contribution in [3.63, 3.8) is 0 Å². The van der Waals surface area contributed by atoms with E-state index < -0.39 is 0 Å². The van der Waals surface area contributed by atoms with Gasteiger partial charge in [0.1, 0.15) is 0 Å². The third-order valence-electron chi connectivity index (χ3n) is 2.39. The van der Waals surface area contributed by atoms with Crippen molar-refractivity contribution in [1.82, 2.24) is 10.2 Å². The summed E-state index contributed by atoms with van der Waals surface area (Å²) in [7, 11) is 0. The Bertz CT molecular complexity index is 111. The van der Waals surface area contributed by atoms with E-state index in [2.05, 4.69) is 24.1 Å². The van der Waals surface area contributed by atoms with Crippen molar-refractivity contribution in [1.29, 1.82) is 0 Å². The van der Waals surface area contributed by atoms with E-state index in [0.29, 0.717) is 6.04 Å². The van der Waals surface area contributed by atoms with Crippen LogP contribution in [-0.2, 0) is 4.74 Å². The average Bonchev–Trinajstić information content (AvgIpc) is 2.02. The lowest BCUT2D eigenvalue weighted by Gasteiger charge is -2.28. The van der Waals surface area contributed by atoms with Gasteiger partial charge in [0.25, 0.3) is 0 Å². The van der Waals surface area contributed by atoms with Crippen LogP contribution in [0, 0.1) is 0 Å². The fraction of sp³-hybridized carbons (Fsp3) is 1.00. The summed E-state index contributed by atoms with van der Waals surface area (Å²) in [5.74, 6) is 0. The maximum Gasteiger partial charge on any atom is 0.0643 e. The lowest BCUT2D eigenvalue weighted by Crippen LogP contribution is -2.48. The quantitative estimate of drug-likeness (QED) is 0.624. The molecule has 72 valence electrons. The van der Waals surface area contributed by atoms with Crippen LogP contribution in [0.4, 0.5) is 0 Å². The highest BCUT2D eigenvalue weighted by molar-refractivity contribution is 4.73. The van der Waals surface area contributed by atoms with Crippen molar-refractivity contribution < 1.29 is 4.74 Å². The summed E-state index contributed by atoms with van der Waals surface area (Å²) < 4.78 is 5.07. The second-order valence-corrected chi connectivity index (χ2v) is 3.22. The van der Waals surface area contributed by atoms with Crippen LogP contribution in [0.1, 0.15) is 13.8 Å². The first kappa shape index (κ1) is 9.96. The van der Waals surface area contributed by atoms with Gasteiger partial charge in [0, 0.05) is 13.1 Å². The van der Waals surface area contributed by atoms with Gasteiger partial charge in [-0.3, -0.25) is 0 Å². The normalized spacial score (nSPS) is 18.2. The highest BCUT2D eigenvalue weighted by Crippen LogP contribution is 1.98. The average molecular weight is 172 g/mol. The fourth-order valence-corrected chi connectivity index (χ4v) is 1.32. The summed E-state index contributed by atoms with van der Waals surface area (Å²) in [6, 6.07) is 0.626. The van der Waals surface area contributed by atoms with Crippen molar-refractivity contribution in [2.45, 2.75) is 19.9 Å². The molecule has 0 radical (unpaired) electrons. The van der Waals surface area contributed by atoms with Gasteiger partial charge < -0.3 is 15.0 Å². The Labute approximate surface area is 75.1 Å². The summed E-state index contributed by atoms with van der Waals surface area (Å²) in [5, 5.41) is 3.45. The zero-order chi connectivity index (χ0) is 8.81. The number of nitrogens with one attached hydrogen (secondary N) is 1. The summed E-state index contributed by atoms with van der Waals surface area (Å²) in [6.45, 7) is 10.8. The first-order valence-electron chi connectivity index (χ1n) is 4.90. The van der Waals surface area contributed by atoms with Gasteiger partial charge >= 0.3 is 0 Å². The van der Waals surface area contributed by atoms with E-state index in [1.54, 1.807) is 0 Å². The van der Waals surface area contributed by atoms with Crippen molar-refractivity contribution in [3.05, 3.63) is 0 Å². The number of ether oxygens (including phenoxy) is 1. The van der Waals surface area contributed by atoms with Gasteiger partial charge in [0.05, 0.1) is 19.3 Å². The Morgan fingerprint density at radius 1 is 1.33 bits per heavy atom. The van der Waals surface area contributed by atoms with Crippen LogP contribution in [0.25, 0.3) is 0 Å². The molecule has 1 heterocycles. The third-order valence-corrected chi connectivity index (χ3v) is 2.39. The molecular weight excluding hydrogens is 152 g/mol. The zero-order valence-electron chi connectivity index (χ0n) is 8.18. The highest BCUT2D eigenvalue weighted by Gasteiger charge is 2.16. The maximum atomic E-state index is 5.07. The molecule has 1 saturated heterocycles. The minimum Gasteiger partial charge on any atom is -0.378 e. The van der Waals surface area contributed by atoms with E-state index >= 15 is 0 Å². The monoisotopic (exact) mass is 172 g/mol. The Balaban J connectivity index is 1.92. The molecule has 0 unspecified atom stereocenters. The molecule has 1 fully saturated rings. The number of nitrogens with zero attached hydrogens (tertiary/aromatic N) is 1. The van der Waals surface area contributed by atoms with Gasteiger partial charge in [-0.1, -0.05) is 13.8 Å². The standard InChI is InChI=1S/C9H20N2O/c1-3-11(4-2)6-5-10-9-7-12-8-9/h9-10H,3-8H2,1-2H3. The Kier molecular flexibility index (Phi) is 4.58. The van der Waals surface area contributed by atoms with Gasteiger partial charge in [0.15, 0.2) is 0 Å². The van der Waals surface area contributed by atoms with Crippen LogP contribution in [0.3, 0.4) is 0 Å². The molecule has 3 nitrogen and oxygen atoms in total. The van der Waals surface area contributed by atoms with Gasteiger partial charge in [-0.25, -0.2) is 0 Å². The van der Waals surface area contributed by atoms with Gasteiger partial charge in [-0.05, 0) is 13.1 Å². The molecule has 1 rings (SSSR count). The second kappa shape index (κ2) is 5.51. The second-order valence-electron chi connectivity index (χ2n) is 3.22. The van der Waals surface area contributed by atoms with E-state index in [1.807, 2.05) is 0 Å². The molecule has 0 saturated carbocycles. The van der Waals surface area contributed by atoms with Crippen LogP contribution in [0.2, 0.25) is 0 Å². The van der Waals surface area contributed by atoms with Crippen molar-refractivity contribution in [2.24, 2.45) is 0 Å². The maximum absolute atomic E-state index is 5.07. The number of hydrogen-bond acceptors (Lipinski definition) is 3. The molecule has 0 aromatic rings. The van der Waals surface area contributed by atoms with Crippen LogP contribution in [-0.4, -0.2) is 50.3 Å². The molecule has 0 amide bonds. The van der Waals surface area contributed by atoms with Gasteiger partial charge in [-0.2, -0.15) is 0 Å². The fourth-order valence-electron chi connectivity index (χ4n) is 1.32. The van der Waals surface area contributed by atoms with E-state index in [-0.39, 0.29) is 0 Å². The van der Waals surface area contributed by atoms with Gasteiger partial charge in [0.2, 0.25) is 0 Å². The van der Waals surface area contributed by atoms with Gasteiger partial charge in [-0.15, -0.1) is 0 Å². The predicted molar refractivity (Wildman–Crippen MR) is 50.4 cm³/mol. The topological polar surface area (TPSA) is 24.5 Å². The highest BCUT2D eigenvalue weighted by atomic mass is 16.5. The Morgan fingerprint density at radius 2 is 2.00 bits per heavy atom. The minimum absolute atomic E-state index is 0.626. The molecule has 1 aliphatic heterocycles. The molecule has 0 bridgehead atoms. The van der Waals surface area contributed by atoms with Crippen molar-refractivity contribution >= 4 is 0 Å². The van der Waals surface area contributed by atoms with Crippen LogP contribution in [0.15, 0.2) is 0 Å². The van der Waals surface area contributed by atoms with Crippen molar-refractivity contribution in [2.75, 3.05) is 39.4 Å². The van der Waals surface area contributed by atoms with E-state index in [0.717, 1.165) is 39.4 Å². The summed E-state index contributed by atoms with van der Waals surface area (Å²) in [4.78, 5) is 2.42. The van der Waals surface area contributed by atoms with E-state index in [1.165, 1.54) is 0 Å². The number of hydrogen-bond donors (Lipinski definition) is 1. The first-order chi connectivity index (χ1) is 5.86.